The van der Waals surface area contributed by atoms with E-state index in [2.05, 4.69) is 31.9 Å². The predicted molar refractivity (Wildman–Crippen MR) is 149 cm³/mol. The van der Waals surface area contributed by atoms with Gasteiger partial charge >= 0.3 is 5.97 Å². The molecule has 40 heavy (non-hydrogen) atoms. The number of aromatic nitrogens is 2. The van der Waals surface area contributed by atoms with E-state index in [0.717, 1.165) is 17.6 Å². The second kappa shape index (κ2) is 8.30. The Morgan fingerprint density at radius 2 is 1.88 bits per heavy atom. The van der Waals surface area contributed by atoms with E-state index in [1.54, 1.807) is 10.7 Å². The van der Waals surface area contributed by atoms with Gasteiger partial charge in [0.25, 0.3) is 0 Å². The van der Waals surface area contributed by atoms with Gasteiger partial charge in [0.05, 0.1) is 29.4 Å². The van der Waals surface area contributed by atoms with Gasteiger partial charge in [0.2, 0.25) is 0 Å². The Morgan fingerprint density at radius 3 is 2.52 bits per heavy atom. The standard InChI is InChI=1S/C32H46N2O6/c1-16-14-31-17(2)11-21-23(29(21,7)8)20(24(31)35)13-19-15-38-30(9,10)40-26(19)32(31,37)25(16)39-27(36)22-12-18(3)33-34(22)28(4,5)6/h12-14,17,20-21,23-26,35,37H,11,15H2,1-10H3/t17-,20+,21-,23+,24?,25+,26-,31+,32-/m1/s1. The molecule has 0 amide bonds. The van der Waals surface area contributed by atoms with Gasteiger partial charge < -0.3 is 24.4 Å². The molecule has 1 spiro atoms. The molecule has 2 saturated carbocycles. The van der Waals surface area contributed by atoms with Crippen LogP contribution in [0.3, 0.4) is 0 Å². The van der Waals surface area contributed by atoms with Crippen LogP contribution in [-0.4, -0.2) is 62.3 Å². The molecular weight excluding hydrogens is 508 g/mol. The predicted octanol–water partition coefficient (Wildman–Crippen LogP) is 4.53. The highest BCUT2D eigenvalue weighted by Gasteiger charge is 2.77. The van der Waals surface area contributed by atoms with E-state index in [-0.39, 0.29) is 29.8 Å². The molecule has 2 heterocycles. The molecule has 1 aromatic heterocycles. The third kappa shape index (κ3) is 3.58. The van der Waals surface area contributed by atoms with E-state index in [1.165, 1.54) is 0 Å². The molecule has 1 unspecified atom stereocenters. The lowest BCUT2D eigenvalue weighted by atomic mass is 9.58. The average molecular weight is 555 g/mol. The number of ether oxygens (including phenoxy) is 3. The summed E-state index contributed by atoms with van der Waals surface area (Å²) in [4.78, 5) is 13.9. The highest BCUT2D eigenvalue weighted by molar-refractivity contribution is 5.88. The molecule has 0 aromatic carbocycles. The van der Waals surface area contributed by atoms with Gasteiger partial charge in [0.1, 0.15) is 17.4 Å². The molecule has 6 rings (SSSR count). The van der Waals surface area contributed by atoms with Gasteiger partial charge in [-0.15, -0.1) is 0 Å². The Labute approximate surface area is 237 Å². The second-order valence-electron chi connectivity index (χ2n) is 15.2. The lowest BCUT2D eigenvalue weighted by Crippen LogP contribution is -2.69. The fraction of sp³-hybridized carbons (Fsp3) is 0.750. The Morgan fingerprint density at radius 1 is 1.20 bits per heavy atom. The van der Waals surface area contributed by atoms with Gasteiger partial charge in [-0.05, 0) is 95.3 Å². The summed E-state index contributed by atoms with van der Waals surface area (Å²) in [6, 6.07) is 1.72. The van der Waals surface area contributed by atoms with Gasteiger partial charge in [-0.1, -0.05) is 32.9 Å². The van der Waals surface area contributed by atoms with Crippen LogP contribution in [0.4, 0.5) is 0 Å². The topological polar surface area (TPSA) is 103 Å². The van der Waals surface area contributed by atoms with Crippen LogP contribution in [0.25, 0.3) is 0 Å². The van der Waals surface area contributed by atoms with Gasteiger partial charge in [-0.3, -0.25) is 4.68 Å². The fourth-order valence-corrected chi connectivity index (χ4v) is 8.93. The average Bonchev–Trinajstić information content (AvgIpc) is 3.10. The highest BCUT2D eigenvalue weighted by atomic mass is 16.7. The molecule has 8 heteroatoms. The summed E-state index contributed by atoms with van der Waals surface area (Å²) < 4.78 is 20.7. The molecule has 4 aliphatic carbocycles. The minimum absolute atomic E-state index is 0.0879. The van der Waals surface area contributed by atoms with Crippen molar-refractivity contribution < 1.29 is 29.2 Å². The monoisotopic (exact) mass is 554 g/mol. The number of rotatable bonds is 2. The normalized spacial score (nSPS) is 42.9. The van der Waals surface area contributed by atoms with Crippen molar-refractivity contribution in [2.75, 3.05) is 6.61 Å². The minimum atomic E-state index is -1.74. The van der Waals surface area contributed by atoms with E-state index in [1.807, 2.05) is 54.5 Å². The summed E-state index contributed by atoms with van der Waals surface area (Å²) in [5.74, 6) is -1.06. The maximum Gasteiger partial charge on any atom is 0.357 e. The Kier molecular flexibility index (Phi) is 5.84. The lowest BCUT2D eigenvalue weighted by Gasteiger charge is -2.55. The van der Waals surface area contributed by atoms with Crippen molar-refractivity contribution >= 4 is 5.97 Å². The number of hydrogen-bond donors (Lipinski definition) is 2. The van der Waals surface area contributed by atoms with Crippen molar-refractivity contribution in [2.45, 2.75) is 111 Å². The first-order chi connectivity index (χ1) is 18.4. The molecule has 1 aliphatic heterocycles. The first-order valence-electron chi connectivity index (χ1n) is 14.8. The Balaban J connectivity index is 1.50. The van der Waals surface area contributed by atoms with Crippen LogP contribution in [-0.2, 0) is 19.7 Å². The van der Waals surface area contributed by atoms with E-state index < -0.39 is 46.6 Å². The van der Waals surface area contributed by atoms with Crippen LogP contribution in [0, 0.1) is 41.4 Å². The minimum Gasteiger partial charge on any atom is -0.450 e. The number of aliphatic hydroxyl groups is 2. The van der Waals surface area contributed by atoms with Crippen molar-refractivity contribution in [3.8, 4) is 0 Å². The molecule has 9 atom stereocenters. The molecular formula is C32H46N2O6. The smallest absolute Gasteiger partial charge is 0.357 e. The van der Waals surface area contributed by atoms with Crippen molar-refractivity contribution in [1.29, 1.82) is 0 Å². The van der Waals surface area contributed by atoms with Crippen LogP contribution < -0.4 is 0 Å². The van der Waals surface area contributed by atoms with Crippen molar-refractivity contribution in [2.24, 2.45) is 34.5 Å². The summed E-state index contributed by atoms with van der Waals surface area (Å²) in [6.07, 6.45) is 2.27. The Hall–Kier alpha value is -2.00. The zero-order chi connectivity index (χ0) is 29.4. The molecule has 2 N–H and O–H groups in total. The largest absolute Gasteiger partial charge is 0.450 e. The van der Waals surface area contributed by atoms with Crippen LogP contribution in [0.5, 0.6) is 0 Å². The number of fused-ring (bicyclic) bond motifs is 5. The van der Waals surface area contributed by atoms with E-state index >= 15 is 0 Å². The van der Waals surface area contributed by atoms with Gasteiger partial charge in [-0.2, -0.15) is 5.10 Å². The fourth-order valence-electron chi connectivity index (χ4n) is 8.93. The zero-order valence-electron chi connectivity index (χ0n) is 25.6. The number of nitrogens with zero attached hydrogens (tertiary/aromatic N) is 2. The van der Waals surface area contributed by atoms with Crippen molar-refractivity contribution in [3.05, 3.63) is 40.8 Å². The third-order valence-corrected chi connectivity index (χ3v) is 10.8. The maximum absolute atomic E-state index is 13.9. The van der Waals surface area contributed by atoms with Gasteiger partial charge in [0, 0.05) is 5.92 Å². The molecule has 3 fully saturated rings. The number of carbonyl (C=O) groups is 1. The highest BCUT2D eigenvalue weighted by Crippen LogP contribution is 2.73. The first-order valence-corrected chi connectivity index (χ1v) is 14.8. The van der Waals surface area contributed by atoms with Crippen LogP contribution in [0.1, 0.15) is 84.9 Å². The SMILES string of the molecule is CC1=C[C@]23C(O)[C@@H](C=C4COC(C)(C)O[C@H]4[C@]2(O)[C@H]1OC(=O)c1cc(C)nn1C(C)(C)C)[C@H]1[C@@H](C[C@H]3C)C1(C)C. The Bertz CT molecular complexity index is 1320. The number of aryl methyl sites for hydroxylation is 1. The number of esters is 1. The molecule has 220 valence electrons. The maximum atomic E-state index is 13.9. The van der Waals surface area contributed by atoms with Crippen LogP contribution in [0.2, 0.25) is 0 Å². The molecule has 1 saturated heterocycles. The summed E-state index contributed by atoms with van der Waals surface area (Å²) in [5, 5.41) is 30.2. The van der Waals surface area contributed by atoms with E-state index in [0.29, 0.717) is 17.3 Å². The molecule has 1 aromatic rings. The summed E-state index contributed by atoms with van der Waals surface area (Å²) in [5.41, 5.74) is -0.592. The zero-order valence-corrected chi connectivity index (χ0v) is 25.6. The summed E-state index contributed by atoms with van der Waals surface area (Å²) >= 11 is 0. The van der Waals surface area contributed by atoms with Crippen molar-refractivity contribution in [1.82, 2.24) is 9.78 Å². The quantitative estimate of drug-likeness (QED) is 0.409. The molecule has 2 bridgehead atoms. The second-order valence-corrected chi connectivity index (χ2v) is 15.2. The summed E-state index contributed by atoms with van der Waals surface area (Å²) in [7, 11) is 0. The van der Waals surface area contributed by atoms with E-state index in [4.69, 9.17) is 14.2 Å². The summed E-state index contributed by atoms with van der Waals surface area (Å²) in [6.45, 7) is 20.3. The third-order valence-electron chi connectivity index (χ3n) is 10.8. The number of carbonyl (C=O) groups excluding carboxylic acids is 1. The lowest BCUT2D eigenvalue weighted by molar-refractivity contribution is -0.312. The molecule has 8 nitrogen and oxygen atoms in total. The van der Waals surface area contributed by atoms with Crippen LogP contribution in [0.15, 0.2) is 29.4 Å². The first kappa shape index (κ1) is 28.1. The van der Waals surface area contributed by atoms with E-state index in [9.17, 15) is 15.0 Å². The number of hydrogen-bond acceptors (Lipinski definition) is 7. The van der Waals surface area contributed by atoms with Crippen LogP contribution >= 0.6 is 0 Å². The van der Waals surface area contributed by atoms with Crippen molar-refractivity contribution in [3.63, 3.8) is 0 Å². The van der Waals surface area contributed by atoms with Gasteiger partial charge in [0.15, 0.2) is 11.9 Å². The number of aliphatic hydroxyl groups excluding tert-OH is 1. The molecule has 0 radical (unpaired) electrons. The molecule has 5 aliphatic rings. The van der Waals surface area contributed by atoms with Gasteiger partial charge in [-0.25, -0.2) is 4.79 Å².